The van der Waals surface area contributed by atoms with Crippen LogP contribution in [0.4, 0.5) is 14.6 Å². The van der Waals surface area contributed by atoms with Gasteiger partial charge in [0.1, 0.15) is 11.5 Å². The Bertz CT molecular complexity index is 453. The summed E-state index contributed by atoms with van der Waals surface area (Å²) < 4.78 is 25.0. The topological polar surface area (TPSA) is 29.0 Å². The van der Waals surface area contributed by atoms with Gasteiger partial charge in [-0.2, -0.15) is 0 Å². The van der Waals surface area contributed by atoms with Gasteiger partial charge in [0.25, 0.3) is 6.43 Å². The van der Waals surface area contributed by atoms with Crippen LogP contribution in [0.5, 0.6) is 0 Å². The fourth-order valence-corrected chi connectivity index (χ4v) is 2.77. The highest BCUT2D eigenvalue weighted by molar-refractivity contribution is 6.30. The molecule has 18 heavy (non-hydrogen) atoms. The first-order valence-electron chi connectivity index (χ1n) is 6.15. The molecule has 2 heterocycles. The quantitative estimate of drug-likeness (QED) is 0.826. The second-order valence-electron chi connectivity index (χ2n) is 5.19. The fourth-order valence-electron chi connectivity index (χ4n) is 2.55. The number of hydrogen-bond donors (Lipinski definition) is 0. The molecule has 2 fully saturated rings. The number of aromatic nitrogens is 2. The lowest BCUT2D eigenvalue weighted by atomic mass is 9.94. The molecule has 1 saturated carbocycles. The summed E-state index contributed by atoms with van der Waals surface area (Å²) in [4.78, 5) is 9.83. The third-order valence-electron chi connectivity index (χ3n) is 4.06. The van der Waals surface area contributed by atoms with E-state index < -0.39 is 12.1 Å². The molecule has 1 aliphatic heterocycles. The van der Waals surface area contributed by atoms with Crippen molar-refractivity contribution < 1.29 is 8.78 Å². The molecule has 3 rings (SSSR count). The van der Waals surface area contributed by atoms with E-state index in [1.165, 1.54) is 19.0 Å². The highest BCUT2D eigenvalue weighted by Gasteiger charge is 2.44. The predicted molar refractivity (Wildman–Crippen MR) is 65.1 cm³/mol. The minimum Gasteiger partial charge on any atom is -0.355 e. The van der Waals surface area contributed by atoms with Crippen molar-refractivity contribution in [3.63, 3.8) is 0 Å². The first-order valence-corrected chi connectivity index (χ1v) is 6.53. The van der Waals surface area contributed by atoms with Crippen LogP contribution < -0.4 is 4.90 Å². The van der Waals surface area contributed by atoms with Crippen molar-refractivity contribution in [1.29, 1.82) is 0 Å². The summed E-state index contributed by atoms with van der Waals surface area (Å²) in [5, 5.41) is -0.186. The zero-order chi connectivity index (χ0) is 12.8. The van der Waals surface area contributed by atoms with Crippen LogP contribution in [-0.4, -0.2) is 23.1 Å². The summed E-state index contributed by atoms with van der Waals surface area (Å²) in [7, 11) is 0. The zero-order valence-electron chi connectivity index (χ0n) is 9.87. The van der Waals surface area contributed by atoms with Crippen molar-refractivity contribution in [1.82, 2.24) is 9.97 Å². The van der Waals surface area contributed by atoms with E-state index in [0.29, 0.717) is 11.2 Å². The van der Waals surface area contributed by atoms with Crippen molar-refractivity contribution in [2.45, 2.75) is 32.1 Å². The van der Waals surface area contributed by atoms with Crippen LogP contribution in [-0.2, 0) is 0 Å². The molecule has 6 heteroatoms. The van der Waals surface area contributed by atoms with E-state index in [0.717, 1.165) is 25.9 Å². The molecule has 0 bridgehead atoms. The predicted octanol–water partition coefficient (Wildman–Crippen LogP) is 3.45. The van der Waals surface area contributed by atoms with E-state index >= 15 is 0 Å². The fraction of sp³-hybridized carbons (Fsp3) is 0.667. The van der Waals surface area contributed by atoms with Gasteiger partial charge in [0, 0.05) is 13.1 Å². The molecule has 0 aromatic carbocycles. The van der Waals surface area contributed by atoms with E-state index in [1.54, 1.807) is 0 Å². The number of rotatable bonds is 2. The van der Waals surface area contributed by atoms with Gasteiger partial charge in [-0.05, 0) is 31.1 Å². The van der Waals surface area contributed by atoms with Crippen LogP contribution in [0.3, 0.4) is 0 Å². The van der Waals surface area contributed by atoms with Crippen molar-refractivity contribution in [3.05, 3.63) is 17.0 Å². The Kier molecular flexibility index (Phi) is 2.88. The monoisotopic (exact) mass is 273 g/mol. The first-order chi connectivity index (χ1) is 8.60. The van der Waals surface area contributed by atoms with Crippen LogP contribution >= 0.6 is 11.6 Å². The smallest absolute Gasteiger partial charge is 0.283 e. The third-order valence-corrected chi connectivity index (χ3v) is 4.33. The molecule has 1 saturated heterocycles. The number of halogens is 3. The van der Waals surface area contributed by atoms with Crippen molar-refractivity contribution in [3.8, 4) is 0 Å². The standard InChI is InChI=1S/C12H14ClF2N3/c13-10-9(11(14)15)16-7-8(17-10)18-5-3-12(1-2-12)4-6-18/h7,11H,1-6H2. The Labute approximate surface area is 109 Å². The minimum atomic E-state index is -2.67. The normalized spacial score (nSPS) is 21.7. The van der Waals surface area contributed by atoms with E-state index in [4.69, 9.17) is 11.6 Å². The van der Waals surface area contributed by atoms with Crippen LogP contribution in [0.1, 0.15) is 37.8 Å². The molecule has 1 spiro atoms. The Hall–Kier alpha value is -0.970. The molecule has 0 atom stereocenters. The lowest BCUT2D eigenvalue weighted by Crippen LogP contribution is -2.35. The van der Waals surface area contributed by atoms with E-state index in [9.17, 15) is 8.78 Å². The minimum absolute atomic E-state index is 0.186. The molecule has 0 amide bonds. The van der Waals surface area contributed by atoms with Gasteiger partial charge < -0.3 is 4.90 Å². The van der Waals surface area contributed by atoms with Gasteiger partial charge in [0.15, 0.2) is 5.15 Å². The maximum absolute atomic E-state index is 12.5. The maximum atomic E-state index is 12.5. The van der Waals surface area contributed by atoms with Gasteiger partial charge in [0.05, 0.1) is 6.20 Å². The molecular weight excluding hydrogens is 260 g/mol. The van der Waals surface area contributed by atoms with Gasteiger partial charge in [-0.25, -0.2) is 18.7 Å². The number of hydrogen-bond acceptors (Lipinski definition) is 3. The van der Waals surface area contributed by atoms with E-state index in [-0.39, 0.29) is 5.15 Å². The van der Waals surface area contributed by atoms with Crippen molar-refractivity contribution in [2.75, 3.05) is 18.0 Å². The highest BCUT2D eigenvalue weighted by Crippen LogP contribution is 2.53. The molecule has 1 aromatic heterocycles. The Morgan fingerprint density at radius 3 is 2.39 bits per heavy atom. The Morgan fingerprint density at radius 1 is 1.22 bits per heavy atom. The summed E-state index contributed by atoms with van der Waals surface area (Å²) in [6.45, 7) is 1.83. The molecule has 1 aliphatic carbocycles. The second-order valence-corrected chi connectivity index (χ2v) is 5.55. The van der Waals surface area contributed by atoms with Crippen LogP contribution in [0.15, 0.2) is 6.20 Å². The summed E-state index contributed by atoms with van der Waals surface area (Å²) in [5.41, 5.74) is 0.146. The summed E-state index contributed by atoms with van der Waals surface area (Å²) in [6, 6.07) is 0. The van der Waals surface area contributed by atoms with Gasteiger partial charge in [-0.3, -0.25) is 0 Å². The van der Waals surface area contributed by atoms with Gasteiger partial charge >= 0.3 is 0 Å². The summed E-state index contributed by atoms with van der Waals surface area (Å²) in [5.74, 6) is 0.611. The molecule has 3 nitrogen and oxygen atoms in total. The molecule has 98 valence electrons. The molecule has 0 N–H and O–H groups in total. The van der Waals surface area contributed by atoms with Crippen molar-refractivity contribution in [2.24, 2.45) is 5.41 Å². The van der Waals surface area contributed by atoms with Crippen LogP contribution in [0, 0.1) is 5.41 Å². The molecular formula is C12H14ClF2N3. The maximum Gasteiger partial charge on any atom is 0.283 e. The molecule has 2 aliphatic rings. The van der Waals surface area contributed by atoms with Gasteiger partial charge in [-0.15, -0.1) is 0 Å². The summed E-state index contributed by atoms with van der Waals surface area (Å²) in [6.07, 6.45) is 3.70. The highest BCUT2D eigenvalue weighted by atomic mass is 35.5. The first kappa shape index (κ1) is 12.1. The number of anilines is 1. The number of piperidine rings is 1. The van der Waals surface area contributed by atoms with Crippen molar-refractivity contribution >= 4 is 17.4 Å². The second kappa shape index (κ2) is 4.30. The lowest BCUT2D eigenvalue weighted by Gasteiger charge is -2.32. The number of nitrogens with zero attached hydrogens (tertiary/aromatic N) is 3. The van der Waals surface area contributed by atoms with E-state index in [2.05, 4.69) is 14.9 Å². The number of alkyl halides is 2. The zero-order valence-corrected chi connectivity index (χ0v) is 10.6. The van der Waals surface area contributed by atoms with E-state index in [1.807, 2.05) is 0 Å². The largest absolute Gasteiger partial charge is 0.355 e. The van der Waals surface area contributed by atoms with Gasteiger partial charge in [-0.1, -0.05) is 11.6 Å². The van der Waals surface area contributed by atoms with Gasteiger partial charge in [0.2, 0.25) is 0 Å². The molecule has 1 aromatic rings. The lowest BCUT2D eigenvalue weighted by molar-refractivity contribution is 0.145. The SMILES string of the molecule is FC(F)c1ncc(N2CCC3(CC2)CC3)nc1Cl. The summed E-state index contributed by atoms with van der Waals surface area (Å²) >= 11 is 5.73. The Morgan fingerprint density at radius 2 is 1.89 bits per heavy atom. The van der Waals surface area contributed by atoms with Crippen LogP contribution in [0.2, 0.25) is 5.15 Å². The van der Waals surface area contributed by atoms with Crippen LogP contribution in [0.25, 0.3) is 0 Å². The molecule has 0 radical (unpaired) electrons. The Balaban J connectivity index is 1.74. The average Bonchev–Trinajstić information content (AvgIpc) is 3.09. The third kappa shape index (κ3) is 2.16. The average molecular weight is 274 g/mol. The molecule has 0 unspecified atom stereocenters.